The van der Waals surface area contributed by atoms with Gasteiger partial charge in [-0.1, -0.05) is 30.9 Å². The number of rotatable bonds is 9. The highest BCUT2D eigenvalue weighted by Crippen LogP contribution is 2.32. The van der Waals surface area contributed by atoms with Gasteiger partial charge in [-0.2, -0.15) is 0 Å². The largest absolute Gasteiger partial charge is 0.494 e. The van der Waals surface area contributed by atoms with Gasteiger partial charge in [0.25, 0.3) is 0 Å². The summed E-state index contributed by atoms with van der Waals surface area (Å²) in [6.07, 6.45) is 5.45. The molecular weight excluding hydrogens is 264 g/mol. The van der Waals surface area contributed by atoms with Gasteiger partial charge < -0.3 is 14.6 Å². The van der Waals surface area contributed by atoms with Crippen molar-refractivity contribution in [3.63, 3.8) is 0 Å². The molecule has 0 unspecified atom stereocenters. The third kappa shape index (κ3) is 5.01. The van der Waals surface area contributed by atoms with Crippen molar-refractivity contribution in [1.29, 1.82) is 0 Å². The summed E-state index contributed by atoms with van der Waals surface area (Å²) < 4.78 is 10.9. The van der Waals surface area contributed by atoms with E-state index in [1.54, 1.807) is 0 Å². The first-order valence-corrected chi connectivity index (χ1v) is 7.25. The molecule has 0 spiro atoms. The van der Waals surface area contributed by atoms with Crippen LogP contribution in [0.25, 0.3) is 0 Å². The number of unbranched alkanes of at least 4 members (excludes halogenated alkanes) is 3. The number of hydrogen-bond donors (Lipinski definition) is 1. The minimum Gasteiger partial charge on any atom is -0.494 e. The lowest BCUT2D eigenvalue weighted by Crippen LogP contribution is -2.16. The molecule has 1 aliphatic heterocycles. The van der Waals surface area contributed by atoms with Gasteiger partial charge >= 0.3 is 0 Å². The van der Waals surface area contributed by atoms with Crippen LogP contribution in [0.5, 0.6) is 5.75 Å². The highest BCUT2D eigenvalue weighted by Gasteiger charge is 2.43. The summed E-state index contributed by atoms with van der Waals surface area (Å²) in [5, 5.41) is 9.82. The molecule has 0 radical (unpaired) electrons. The van der Waals surface area contributed by atoms with Crippen molar-refractivity contribution in [3.8, 4) is 5.75 Å². The van der Waals surface area contributed by atoms with E-state index in [9.17, 15) is 0 Å². The number of hydrogen-bond acceptors (Lipinski definition) is 3. The van der Waals surface area contributed by atoms with E-state index in [0.717, 1.165) is 56.1 Å². The second-order valence-corrected chi connectivity index (χ2v) is 5.53. The molecule has 106 valence electrons. The van der Waals surface area contributed by atoms with E-state index >= 15 is 0 Å². The summed E-state index contributed by atoms with van der Waals surface area (Å²) in [6.45, 7) is 1.62. The van der Waals surface area contributed by atoms with Crippen LogP contribution in [0, 0.1) is 0 Å². The maximum absolute atomic E-state index is 9.09. The molecule has 1 aliphatic rings. The second kappa shape index (κ2) is 7.13. The van der Waals surface area contributed by atoms with Crippen molar-refractivity contribution in [2.45, 2.75) is 37.7 Å². The number of aliphatic hydroxyl groups is 1. The molecule has 0 saturated carbocycles. The van der Waals surface area contributed by atoms with Crippen LogP contribution in [0.15, 0.2) is 24.3 Å². The van der Waals surface area contributed by atoms with Gasteiger partial charge in [-0.05, 0) is 37.1 Å². The number of epoxide rings is 1. The molecule has 2 rings (SSSR count). The fraction of sp³-hybridized carbons (Fsp3) is 0.600. The number of benzene rings is 1. The fourth-order valence-electron chi connectivity index (χ4n) is 2.04. The topological polar surface area (TPSA) is 42.0 Å². The minimum absolute atomic E-state index is 0.159. The Bertz CT molecular complexity index is 373. The lowest BCUT2D eigenvalue weighted by atomic mass is 10.0. The molecule has 1 fully saturated rings. The van der Waals surface area contributed by atoms with E-state index < -0.39 is 0 Å². The Balaban J connectivity index is 1.47. The van der Waals surface area contributed by atoms with Crippen LogP contribution in [-0.4, -0.2) is 30.5 Å². The van der Waals surface area contributed by atoms with Gasteiger partial charge in [-0.15, -0.1) is 0 Å². The van der Waals surface area contributed by atoms with Crippen LogP contribution in [0.2, 0.25) is 5.02 Å². The van der Waals surface area contributed by atoms with E-state index in [-0.39, 0.29) is 12.2 Å². The first kappa shape index (κ1) is 14.6. The fourth-order valence-corrected chi connectivity index (χ4v) is 2.17. The molecule has 0 bridgehead atoms. The SMILES string of the molecule is OC[C@@]1(CCCCCCOc2ccc(Cl)cc2)CO1. The monoisotopic (exact) mass is 284 g/mol. The van der Waals surface area contributed by atoms with E-state index in [4.69, 9.17) is 26.2 Å². The standard InChI is InChI=1S/C15H21ClO3/c16-13-5-7-14(8-6-13)18-10-4-2-1-3-9-15(11-17)12-19-15/h5-8,17H,1-4,9-12H2/t15-/m0/s1. The summed E-state index contributed by atoms with van der Waals surface area (Å²) in [6, 6.07) is 7.44. The summed E-state index contributed by atoms with van der Waals surface area (Å²) in [7, 11) is 0. The van der Waals surface area contributed by atoms with Crippen molar-refractivity contribution >= 4 is 11.6 Å². The Morgan fingerprint density at radius 3 is 2.47 bits per heavy atom. The molecule has 1 aromatic carbocycles. The molecule has 4 heteroatoms. The number of halogens is 1. The molecule has 19 heavy (non-hydrogen) atoms. The molecule has 1 atom stereocenters. The summed E-state index contributed by atoms with van der Waals surface area (Å²) >= 11 is 5.80. The predicted octanol–water partition coefficient (Wildman–Crippen LogP) is 3.43. The summed E-state index contributed by atoms with van der Waals surface area (Å²) in [5.41, 5.74) is -0.181. The van der Waals surface area contributed by atoms with Gasteiger partial charge in [0.05, 0.1) is 19.8 Å². The van der Waals surface area contributed by atoms with E-state index in [0.29, 0.717) is 0 Å². The first-order chi connectivity index (χ1) is 9.24. The normalized spacial score (nSPS) is 21.4. The lowest BCUT2D eigenvalue weighted by molar-refractivity contribution is 0.161. The zero-order valence-electron chi connectivity index (χ0n) is 11.1. The van der Waals surface area contributed by atoms with Crippen LogP contribution < -0.4 is 4.74 Å². The van der Waals surface area contributed by atoms with Gasteiger partial charge in [-0.3, -0.25) is 0 Å². The van der Waals surface area contributed by atoms with Crippen LogP contribution in [0.3, 0.4) is 0 Å². The van der Waals surface area contributed by atoms with Crippen molar-refractivity contribution in [2.75, 3.05) is 19.8 Å². The third-order valence-electron chi connectivity index (χ3n) is 3.45. The second-order valence-electron chi connectivity index (χ2n) is 5.10. The molecule has 0 aromatic heterocycles. The number of aliphatic hydroxyl groups excluding tert-OH is 1. The first-order valence-electron chi connectivity index (χ1n) is 6.87. The van der Waals surface area contributed by atoms with Crippen LogP contribution in [0.4, 0.5) is 0 Å². The maximum Gasteiger partial charge on any atom is 0.119 e. The average Bonchev–Trinajstić information content (AvgIpc) is 3.20. The molecule has 1 aromatic rings. The molecule has 0 amide bonds. The van der Waals surface area contributed by atoms with Crippen molar-refractivity contribution in [3.05, 3.63) is 29.3 Å². The maximum atomic E-state index is 9.09. The van der Waals surface area contributed by atoms with Gasteiger partial charge in [0.15, 0.2) is 0 Å². The van der Waals surface area contributed by atoms with Crippen molar-refractivity contribution in [1.82, 2.24) is 0 Å². The van der Waals surface area contributed by atoms with E-state index in [2.05, 4.69) is 0 Å². The summed E-state index contributed by atoms with van der Waals surface area (Å²) in [5.74, 6) is 0.870. The Morgan fingerprint density at radius 1 is 1.16 bits per heavy atom. The Hall–Kier alpha value is -0.770. The van der Waals surface area contributed by atoms with Crippen LogP contribution >= 0.6 is 11.6 Å². The predicted molar refractivity (Wildman–Crippen MR) is 75.8 cm³/mol. The highest BCUT2D eigenvalue weighted by atomic mass is 35.5. The highest BCUT2D eigenvalue weighted by molar-refractivity contribution is 6.30. The molecular formula is C15H21ClO3. The van der Waals surface area contributed by atoms with Gasteiger partial charge in [0.2, 0.25) is 0 Å². The molecule has 3 nitrogen and oxygen atoms in total. The zero-order chi connectivity index (χ0) is 13.6. The smallest absolute Gasteiger partial charge is 0.119 e. The lowest BCUT2D eigenvalue weighted by Gasteiger charge is -2.08. The van der Waals surface area contributed by atoms with Crippen molar-refractivity contribution < 1.29 is 14.6 Å². The average molecular weight is 285 g/mol. The van der Waals surface area contributed by atoms with Crippen molar-refractivity contribution in [2.24, 2.45) is 0 Å². The van der Waals surface area contributed by atoms with E-state index in [1.807, 2.05) is 24.3 Å². The van der Waals surface area contributed by atoms with Gasteiger partial charge in [-0.25, -0.2) is 0 Å². The Morgan fingerprint density at radius 2 is 1.84 bits per heavy atom. The van der Waals surface area contributed by atoms with E-state index in [1.165, 1.54) is 0 Å². The third-order valence-corrected chi connectivity index (χ3v) is 3.70. The molecule has 1 saturated heterocycles. The summed E-state index contributed by atoms with van der Waals surface area (Å²) in [4.78, 5) is 0. The van der Waals surface area contributed by atoms with Gasteiger partial charge in [0, 0.05) is 5.02 Å². The van der Waals surface area contributed by atoms with Crippen LogP contribution in [-0.2, 0) is 4.74 Å². The minimum atomic E-state index is -0.181. The Kier molecular flexibility index (Phi) is 5.49. The van der Waals surface area contributed by atoms with Crippen LogP contribution in [0.1, 0.15) is 32.1 Å². The number of ether oxygens (including phenoxy) is 2. The van der Waals surface area contributed by atoms with Gasteiger partial charge in [0.1, 0.15) is 11.4 Å². The molecule has 1 heterocycles. The zero-order valence-corrected chi connectivity index (χ0v) is 11.9. The molecule has 0 aliphatic carbocycles. The quantitative estimate of drug-likeness (QED) is 0.558. The molecule has 1 N–H and O–H groups in total. The Labute approximate surface area is 119 Å².